The lowest BCUT2D eigenvalue weighted by Crippen LogP contribution is -2.36. The highest BCUT2D eigenvalue weighted by atomic mass is 19.4. The lowest BCUT2D eigenvalue weighted by atomic mass is 10.1. The summed E-state index contributed by atoms with van der Waals surface area (Å²) >= 11 is 0. The Labute approximate surface area is 165 Å². The van der Waals surface area contributed by atoms with Crippen LogP contribution in [0.4, 0.5) is 13.2 Å². The summed E-state index contributed by atoms with van der Waals surface area (Å²) in [4.78, 5) is 43.2. The van der Waals surface area contributed by atoms with E-state index in [9.17, 15) is 32.7 Å². The van der Waals surface area contributed by atoms with Gasteiger partial charge in [0.1, 0.15) is 29.2 Å². The number of alkyl halides is 3. The summed E-state index contributed by atoms with van der Waals surface area (Å²) in [5.74, 6) is -3.17. The van der Waals surface area contributed by atoms with Crippen molar-refractivity contribution in [3.05, 3.63) is 63.8 Å². The molecule has 12 heteroatoms. The smallest absolute Gasteiger partial charge is 0.433 e. The zero-order valence-corrected chi connectivity index (χ0v) is 15.0. The van der Waals surface area contributed by atoms with Gasteiger partial charge >= 0.3 is 12.1 Å². The Morgan fingerprint density at radius 3 is 2.50 bits per heavy atom. The van der Waals surface area contributed by atoms with E-state index < -0.39 is 47.2 Å². The van der Waals surface area contributed by atoms with E-state index >= 15 is 0 Å². The average molecular weight is 422 g/mol. The van der Waals surface area contributed by atoms with Crippen LogP contribution >= 0.6 is 0 Å². The Morgan fingerprint density at radius 2 is 1.90 bits per heavy atom. The molecule has 0 spiro atoms. The molecule has 3 N–H and O–H groups in total. The maximum Gasteiger partial charge on any atom is 0.433 e. The van der Waals surface area contributed by atoms with Crippen molar-refractivity contribution in [1.29, 1.82) is 0 Å². The second-order valence-corrected chi connectivity index (χ2v) is 6.12. The van der Waals surface area contributed by atoms with Crippen LogP contribution in [-0.4, -0.2) is 43.2 Å². The molecule has 0 atom stereocenters. The van der Waals surface area contributed by atoms with E-state index in [4.69, 9.17) is 5.11 Å². The summed E-state index contributed by atoms with van der Waals surface area (Å²) < 4.78 is 39.1. The summed E-state index contributed by atoms with van der Waals surface area (Å²) in [6.07, 6.45) is -2.37. The quantitative estimate of drug-likeness (QED) is 0.565. The average Bonchev–Trinajstić information content (AvgIpc) is 2.69. The minimum atomic E-state index is -4.63. The van der Waals surface area contributed by atoms with E-state index in [1.54, 1.807) is 0 Å². The number of carbonyl (C=O) groups excluding carboxylic acids is 1. The van der Waals surface area contributed by atoms with Crippen molar-refractivity contribution in [1.82, 2.24) is 19.9 Å². The fraction of sp³-hybridized carbons (Fsp3) is 0.167. The van der Waals surface area contributed by atoms with Gasteiger partial charge in [0.2, 0.25) is 0 Å². The molecule has 0 saturated carbocycles. The normalized spacial score (nSPS) is 11.4. The summed E-state index contributed by atoms with van der Waals surface area (Å²) in [5, 5.41) is 21.1. The van der Waals surface area contributed by atoms with E-state index in [1.807, 2.05) is 5.32 Å². The highest BCUT2D eigenvalue weighted by Gasteiger charge is 2.32. The topological polar surface area (TPSA) is 134 Å². The van der Waals surface area contributed by atoms with Crippen LogP contribution < -0.4 is 10.9 Å². The third-order valence-corrected chi connectivity index (χ3v) is 4.08. The van der Waals surface area contributed by atoms with E-state index in [0.29, 0.717) is 0 Å². The van der Waals surface area contributed by atoms with Crippen molar-refractivity contribution in [3.63, 3.8) is 0 Å². The summed E-state index contributed by atoms with van der Waals surface area (Å²) in [5.41, 5.74) is -2.63. The Bertz CT molecular complexity index is 1190. The fourth-order valence-corrected chi connectivity index (χ4v) is 2.73. The molecule has 9 nitrogen and oxygen atoms in total. The number of halogens is 3. The largest absolute Gasteiger partial charge is 0.506 e. The number of fused-ring (bicyclic) bond motifs is 1. The monoisotopic (exact) mass is 422 g/mol. The summed E-state index contributed by atoms with van der Waals surface area (Å²) in [6, 6.07) is 4.69. The third-order valence-electron chi connectivity index (χ3n) is 4.08. The van der Waals surface area contributed by atoms with Gasteiger partial charge in [-0.05, 0) is 23.8 Å². The molecule has 3 aromatic heterocycles. The van der Waals surface area contributed by atoms with Gasteiger partial charge in [0, 0.05) is 12.4 Å². The van der Waals surface area contributed by atoms with Gasteiger partial charge in [0.25, 0.3) is 11.5 Å². The molecule has 30 heavy (non-hydrogen) atoms. The van der Waals surface area contributed by atoms with Gasteiger partial charge in [-0.3, -0.25) is 23.9 Å². The van der Waals surface area contributed by atoms with Gasteiger partial charge in [0.15, 0.2) is 0 Å². The van der Waals surface area contributed by atoms with E-state index in [-0.39, 0.29) is 23.1 Å². The first-order valence-corrected chi connectivity index (χ1v) is 8.32. The van der Waals surface area contributed by atoms with Crippen LogP contribution in [0.3, 0.4) is 0 Å². The molecule has 156 valence electrons. The van der Waals surface area contributed by atoms with Crippen molar-refractivity contribution in [2.75, 3.05) is 6.54 Å². The van der Waals surface area contributed by atoms with Crippen LogP contribution in [0.1, 0.15) is 21.6 Å². The molecule has 3 aromatic rings. The second kappa shape index (κ2) is 7.81. The van der Waals surface area contributed by atoms with Crippen LogP contribution in [0.15, 0.2) is 41.5 Å². The number of aliphatic carboxylic acids is 1. The Morgan fingerprint density at radius 1 is 1.17 bits per heavy atom. The van der Waals surface area contributed by atoms with Crippen LogP contribution in [-0.2, 0) is 17.5 Å². The lowest BCUT2D eigenvalue weighted by molar-refractivity contribution is -0.141. The summed E-state index contributed by atoms with van der Waals surface area (Å²) in [7, 11) is 0. The minimum Gasteiger partial charge on any atom is -0.506 e. The number of nitrogens with one attached hydrogen (secondary N) is 1. The molecule has 0 aliphatic heterocycles. The third kappa shape index (κ3) is 4.06. The molecule has 3 heterocycles. The number of nitrogens with zero attached hydrogens (tertiary/aromatic N) is 3. The molecule has 0 radical (unpaired) electrons. The van der Waals surface area contributed by atoms with Crippen LogP contribution in [0.5, 0.6) is 5.75 Å². The maximum absolute atomic E-state index is 12.9. The SMILES string of the molecule is O=C(O)CNC(=O)c1c(O)c2cccnc2n(Cc2ccc(C(F)(F)F)nc2)c1=O. The number of pyridine rings is 3. The van der Waals surface area contributed by atoms with Crippen LogP contribution in [0.2, 0.25) is 0 Å². The molecule has 0 saturated heterocycles. The van der Waals surface area contributed by atoms with Crippen molar-refractivity contribution in [2.45, 2.75) is 12.7 Å². The fourth-order valence-electron chi connectivity index (χ4n) is 2.73. The number of hydrogen-bond acceptors (Lipinski definition) is 6. The number of rotatable bonds is 5. The zero-order valence-electron chi connectivity index (χ0n) is 15.0. The molecule has 1 amide bonds. The highest BCUT2D eigenvalue weighted by molar-refractivity contribution is 6.02. The molecular weight excluding hydrogens is 409 g/mol. The number of amides is 1. The molecule has 3 rings (SSSR count). The van der Waals surface area contributed by atoms with Gasteiger partial charge < -0.3 is 15.5 Å². The van der Waals surface area contributed by atoms with Gasteiger partial charge in [-0.15, -0.1) is 0 Å². The number of carboxylic acid groups (broad SMARTS) is 1. The Balaban J connectivity index is 2.11. The first-order chi connectivity index (χ1) is 14.1. The number of carboxylic acids is 1. The number of aromatic nitrogens is 3. The van der Waals surface area contributed by atoms with Crippen molar-refractivity contribution in [3.8, 4) is 5.75 Å². The lowest BCUT2D eigenvalue weighted by Gasteiger charge is -2.14. The van der Waals surface area contributed by atoms with Crippen LogP contribution in [0, 0.1) is 0 Å². The first-order valence-electron chi connectivity index (χ1n) is 8.32. The highest BCUT2D eigenvalue weighted by Crippen LogP contribution is 2.28. The van der Waals surface area contributed by atoms with Gasteiger partial charge in [0.05, 0.1) is 11.9 Å². The van der Waals surface area contributed by atoms with Crippen molar-refractivity contribution in [2.24, 2.45) is 0 Å². The minimum absolute atomic E-state index is 0.0188. The molecule has 0 aromatic carbocycles. The van der Waals surface area contributed by atoms with Gasteiger partial charge in [-0.1, -0.05) is 6.07 Å². The van der Waals surface area contributed by atoms with Crippen molar-refractivity contribution >= 4 is 22.9 Å². The standard InChI is InChI=1S/C18H13F3N4O5/c19-18(20,21)11-4-3-9(6-23-11)8-25-15-10(2-1-5-22-15)14(28)13(17(25)30)16(29)24-7-12(26)27/h1-6,28H,7-8H2,(H,24,29)(H,26,27). The Kier molecular flexibility index (Phi) is 5.41. The number of hydrogen-bond donors (Lipinski definition) is 3. The number of aromatic hydroxyl groups is 1. The zero-order chi connectivity index (χ0) is 22.1. The Hall–Kier alpha value is -3.96. The first kappa shape index (κ1) is 20.8. The van der Waals surface area contributed by atoms with Gasteiger partial charge in [-0.25, -0.2) is 4.98 Å². The molecule has 0 unspecified atom stereocenters. The molecule has 0 aliphatic rings. The molecular formula is C18H13F3N4O5. The predicted molar refractivity (Wildman–Crippen MR) is 96.0 cm³/mol. The van der Waals surface area contributed by atoms with E-state index in [1.165, 1.54) is 18.3 Å². The second-order valence-electron chi connectivity index (χ2n) is 6.12. The van der Waals surface area contributed by atoms with E-state index in [2.05, 4.69) is 9.97 Å². The molecule has 0 fully saturated rings. The van der Waals surface area contributed by atoms with E-state index in [0.717, 1.165) is 22.9 Å². The predicted octanol–water partition coefficient (Wildman–Crippen LogP) is 1.38. The number of carbonyl (C=O) groups is 2. The maximum atomic E-state index is 12.9. The summed E-state index contributed by atoms with van der Waals surface area (Å²) in [6.45, 7) is -1.08. The van der Waals surface area contributed by atoms with Crippen molar-refractivity contribution < 1.29 is 33.0 Å². The van der Waals surface area contributed by atoms with Crippen LogP contribution in [0.25, 0.3) is 11.0 Å². The molecule has 0 aliphatic carbocycles. The molecule has 0 bridgehead atoms. The van der Waals surface area contributed by atoms with Gasteiger partial charge in [-0.2, -0.15) is 13.2 Å².